The predicted molar refractivity (Wildman–Crippen MR) is 114 cm³/mol. The highest BCUT2D eigenvalue weighted by molar-refractivity contribution is 7.92. The van der Waals surface area contributed by atoms with E-state index in [2.05, 4.69) is 11.1 Å². The van der Waals surface area contributed by atoms with E-state index in [1.165, 1.54) is 17.0 Å². The van der Waals surface area contributed by atoms with Gasteiger partial charge in [0.2, 0.25) is 5.91 Å². The molecule has 0 aliphatic carbocycles. The van der Waals surface area contributed by atoms with Gasteiger partial charge in [-0.05, 0) is 56.2 Å². The van der Waals surface area contributed by atoms with Gasteiger partial charge < -0.3 is 5.73 Å². The SMILES string of the molecule is CC(C)S(=O)(=O)c1ccc([C@H]2C(=O)N(C)C(N)=N[C@]2(C)c2cccc(C#N)c2)cc1. The summed E-state index contributed by atoms with van der Waals surface area (Å²) in [5, 5.41) is 8.74. The fourth-order valence-electron chi connectivity index (χ4n) is 3.65. The summed E-state index contributed by atoms with van der Waals surface area (Å²) in [5.74, 6) is -0.911. The van der Waals surface area contributed by atoms with Crippen LogP contribution in [0.25, 0.3) is 0 Å². The number of guanidine groups is 1. The molecule has 1 aliphatic rings. The first-order valence-electron chi connectivity index (χ1n) is 9.49. The van der Waals surface area contributed by atoms with Crippen molar-refractivity contribution in [2.75, 3.05) is 7.05 Å². The Morgan fingerprint density at radius 2 is 1.83 bits per heavy atom. The average Bonchev–Trinajstić information content (AvgIpc) is 2.72. The number of likely N-dealkylation sites (N-methyl/N-ethyl adjacent to an activating group) is 1. The van der Waals surface area contributed by atoms with Crippen molar-refractivity contribution in [1.29, 1.82) is 5.26 Å². The van der Waals surface area contributed by atoms with Crippen LogP contribution in [0, 0.1) is 11.3 Å². The summed E-state index contributed by atoms with van der Waals surface area (Å²) in [5.41, 5.74) is 6.71. The third-order valence-corrected chi connectivity index (χ3v) is 7.74. The van der Waals surface area contributed by atoms with Crippen LogP contribution in [-0.2, 0) is 20.2 Å². The largest absolute Gasteiger partial charge is 0.369 e. The van der Waals surface area contributed by atoms with Crippen molar-refractivity contribution in [3.63, 3.8) is 0 Å². The number of nitrogens with zero attached hydrogens (tertiary/aromatic N) is 3. The van der Waals surface area contributed by atoms with Crippen LogP contribution < -0.4 is 5.73 Å². The Morgan fingerprint density at radius 3 is 2.40 bits per heavy atom. The standard InChI is InChI=1S/C22H24N4O3S/c1-14(2)30(28,29)18-10-8-16(9-11-18)19-20(27)26(4)21(24)25-22(19,3)17-7-5-6-15(12-17)13-23/h5-12,14,19H,1-4H3,(H2,24,25)/t19-,22+/m0/s1. The predicted octanol–water partition coefficient (Wildman–Crippen LogP) is 2.53. The second kappa shape index (κ2) is 7.58. The Labute approximate surface area is 176 Å². The smallest absolute Gasteiger partial charge is 0.239 e. The number of hydrogen-bond donors (Lipinski definition) is 1. The lowest BCUT2D eigenvalue weighted by Crippen LogP contribution is -2.52. The van der Waals surface area contributed by atoms with Crippen molar-refractivity contribution >= 4 is 21.7 Å². The summed E-state index contributed by atoms with van der Waals surface area (Å²) in [4.78, 5) is 19.4. The first-order valence-corrected chi connectivity index (χ1v) is 11.0. The van der Waals surface area contributed by atoms with Gasteiger partial charge in [0.25, 0.3) is 0 Å². The zero-order valence-electron chi connectivity index (χ0n) is 17.3. The van der Waals surface area contributed by atoms with Crippen LogP contribution in [0.2, 0.25) is 0 Å². The van der Waals surface area contributed by atoms with Crippen molar-refractivity contribution in [2.45, 2.75) is 42.4 Å². The number of sulfone groups is 1. The van der Waals surface area contributed by atoms with Crippen LogP contribution in [0.4, 0.5) is 0 Å². The van der Waals surface area contributed by atoms with Crippen LogP contribution >= 0.6 is 0 Å². The van der Waals surface area contributed by atoms with E-state index >= 15 is 0 Å². The van der Waals surface area contributed by atoms with E-state index in [0.29, 0.717) is 16.7 Å². The number of benzene rings is 2. The highest BCUT2D eigenvalue weighted by atomic mass is 32.2. The van der Waals surface area contributed by atoms with Gasteiger partial charge in [-0.25, -0.2) is 13.4 Å². The molecule has 0 fully saturated rings. The second-order valence-electron chi connectivity index (χ2n) is 7.80. The zero-order chi connectivity index (χ0) is 22.3. The molecular formula is C22H24N4O3S. The van der Waals surface area contributed by atoms with Gasteiger partial charge in [0.15, 0.2) is 15.8 Å². The first-order chi connectivity index (χ1) is 14.0. The third kappa shape index (κ3) is 3.46. The molecule has 8 heteroatoms. The normalized spacial score (nSPS) is 22.0. The van der Waals surface area contributed by atoms with Gasteiger partial charge in [-0.2, -0.15) is 5.26 Å². The minimum atomic E-state index is -3.43. The molecule has 1 amide bonds. The monoisotopic (exact) mass is 424 g/mol. The molecule has 0 radical (unpaired) electrons. The van der Waals surface area contributed by atoms with Crippen LogP contribution in [0.1, 0.15) is 43.4 Å². The highest BCUT2D eigenvalue weighted by Gasteiger charge is 2.47. The number of nitrogens with two attached hydrogens (primary N) is 1. The summed E-state index contributed by atoms with van der Waals surface area (Å²) < 4.78 is 24.9. The quantitative estimate of drug-likeness (QED) is 0.809. The van der Waals surface area contributed by atoms with Gasteiger partial charge in [0.05, 0.1) is 27.7 Å². The van der Waals surface area contributed by atoms with Gasteiger partial charge in [0, 0.05) is 7.05 Å². The van der Waals surface area contributed by atoms with Crippen molar-refractivity contribution in [3.8, 4) is 6.07 Å². The van der Waals surface area contributed by atoms with E-state index in [1.807, 2.05) is 0 Å². The fraction of sp³-hybridized carbons (Fsp3) is 0.318. The van der Waals surface area contributed by atoms with Crippen LogP contribution in [-0.4, -0.2) is 37.5 Å². The Kier molecular flexibility index (Phi) is 5.44. The molecule has 2 aromatic rings. The molecule has 156 valence electrons. The van der Waals surface area contributed by atoms with Gasteiger partial charge in [-0.15, -0.1) is 0 Å². The van der Waals surface area contributed by atoms with Crippen LogP contribution in [0.15, 0.2) is 58.4 Å². The maximum atomic E-state index is 13.3. The van der Waals surface area contributed by atoms with Crippen LogP contribution in [0.5, 0.6) is 0 Å². The van der Waals surface area contributed by atoms with E-state index in [1.54, 1.807) is 64.2 Å². The van der Waals surface area contributed by atoms with E-state index in [4.69, 9.17) is 5.73 Å². The molecule has 0 saturated heterocycles. The van der Waals surface area contributed by atoms with Crippen molar-refractivity contribution < 1.29 is 13.2 Å². The molecule has 0 spiro atoms. The van der Waals surface area contributed by atoms with Gasteiger partial charge >= 0.3 is 0 Å². The molecule has 0 aromatic heterocycles. The summed E-state index contributed by atoms with van der Waals surface area (Å²) in [6, 6.07) is 15.4. The van der Waals surface area contributed by atoms with Crippen molar-refractivity contribution in [3.05, 3.63) is 65.2 Å². The van der Waals surface area contributed by atoms with Gasteiger partial charge in [-0.1, -0.05) is 24.3 Å². The summed E-state index contributed by atoms with van der Waals surface area (Å²) in [7, 11) is -1.87. The Hall–Kier alpha value is -3.18. The second-order valence-corrected chi connectivity index (χ2v) is 10.3. The molecule has 2 atom stereocenters. The number of aliphatic imine (C=N–C) groups is 1. The summed E-state index contributed by atoms with van der Waals surface area (Å²) in [6.45, 7) is 5.05. The lowest BCUT2D eigenvalue weighted by atomic mass is 9.74. The van der Waals surface area contributed by atoms with Crippen molar-refractivity contribution in [1.82, 2.24) is 4.90 Å². The van der Waals surface area contributed by atoms with E-state index in [-0.39, 0.29) is 16.8 Å². The highest BCUT2D eigenvalue weighted by Crippen LogP contribution is 2.44. The molecule has 0 saturated carbocycles. The molecule has 0 unspecified atom stereocenters. The summed E-state index contributed by atoms with van der Waals surface area (Å²) >= 11 is 0. The molecule has 1 aliphatic heterocycles. The summed E-state index contributed by atoms with van der Waals surface area (Å²) in [6.07, 6.45) is 0. The Bertz CT molecular complexity index is 1160. The molecule has 2 aromatic carbocycles. The number of nitriles is 1. The Balaban J connectivity index is 2.17. The zero-order valence-corrected chi connectivity index (χ0v) is 18.1. The lowest BCUT2D eigenvalue weighted by Gasteiger charge is -2.41. The number of carbonyl (C=O) groups is 1. The molecule has 1 heterocycles. The fourth-order valence-corrected chi connectivity index (χ4v) is 4.71. The number of hydrogen-bond acceptors (Lipinski definition) is 6. The molecular weight excluding hydrogens is 400 g/mol. The maximum Gasteiger partial charge on any atom is 0.239 e. The van der Waals surface area contributed by atoms with Crippen LogP contribution in [0.3, 0.4) is 0 Å². The van der Waals surface area contributed by atoms with Gasteiger partial charge in [0.1, 0.15) is 5.54 Å². The average molecular weight is 425 g/mol. The molecule has 0 bridgehead atoms. The van der Waals surface area contributed by atoms with E-state index in [9.17, 15) is 18.5 Å². The maximum absolute atomic E-state index is 13.3. The first kappa shape index (κ1) is 21.5. The van der Waals surface area contributed by atoms with E-state index in [0.717, 1.165) is 0 Å². The molecule has 30 heavy (non-hydrogen) atoms. The number of rotatable bonds is 4. The van der Waals surface area contributed by atoms with E-state index < -0.39 is 26.5 Å². The third-order valence-electron chi connectivity index (χ3n) is 5.57. The van der Waals surface area contributed by atoms with Crippen molar-refractivity contribution in [2.24, 2.45) is 10.7 Å². The molecule has 3 rings (SSSR count). The molecule has 7 nitrogen and oxygen atoms in total. The van der Waals surface area contributed by atoms with Gasteiger partial charge in [-0.3, -0.25) is 9.69 Å². The minimum absolute atomic E-state index is 0.0834. The number of carbonyl (C=O) groups excluding carboxylic acids is 1. The minimum Gasteiger partial charge on any atom is -0.369 e. The topological polar surface area (TPSA) is 117 Å². The number of amides is 1. The Morgan fingerprint density at radius 1 is 1.20 bits per heavy atom. The lowest BCUT2D eigenvalue weighted by molar-refractivity contribution is -0.130. The molecule has 2 N–H and O–H groups in total.